The summed E-state index contributed by atoms with van der Waals surface area (Å²) in [5, 5.41) is 13.1. The summed E-state index contributed by atoms with van der Waals surface area (Å²) in [5.74, 6) is 0.942. The number of amides is 1. The van der Waals surface area contributed by atoms with Gasteiger partial charge >= 0.3 is 0 Å². The number of carbonyl (C=O) groups is 1. The predicted octanol–water partition coefficient (Wildman–Crippen LogP) is 6.64. The molecule has 1 amide bonds. The van der Waals surface area contributed by atoms with Gasteiger partial charge in [-0.1, -0.05) is 84.6 Å². The zero-order valence-electron chi connectivity index (χ0n) is 20.5. The van der Waals surface area contributed by atoms with Crippen molar-refractivity contribution in [3.8, 4) is 5.69 Å². The Labute approximate surface area is 221 Å². The SMILES string of the molecule is Cc1ccccc1NCc1nnc(SCC(=O)N(c2ccccc2)c2ccccc2)n1-c1ccccc1. The third-order valence-corrected chi connectivity index (χ3v) is 6.81. The van der Waals surface area contributed by atoms with Crippen molar-refractivity contribution in [2.75, 3.05) is 16.0 Å². The molecule has 184 valence electrons. The summed E-state index contributed by atoms with van der Waals surface area (Å²) in [6.07, 6.45) is 0. The molecule has 0 radical (unpaired) electrons. The van der Waals surface area contributed by atoms with Crippen LogP contribution in [0.5, 0.6) is 0 Å². The largest absolute Gasteiger partial charge is 0.378 e. The molecule has 7 heteroatoms. The lowest BCUT2D eigenvalue weighted by Crippen LogP contribution is -2.27. The van der Waals surface area contributed by atoms with Gasteiger partial charge in [0.25, 0.3) is 0 Å². The van der Waals surface area contributed by atoms with E-state index in [1.807, 2.05) is 108 Å². The number of aryl methyl sites for hydroxylation is 1. The van der Waals surface area contributed by atoms with Crippen LogP contribution in [0.3, 0.4) is 0 Å². The Hall–Kier alpha value is -4.36. The van der Waals surface area contributed by atoms with E-state index in [0.717, 1.165) is 34.1 Å². The topological polar surface area (TPSA) is 63.1 Å². The van der Waals surface area contributed by atoms with Crippen LogP contribution in [0.25, 0.3) is 5.69 Å². The van der Waals surface area contributed by atoms with E-state index in [9.17, 15) is 4.79 Å². The molecule has 0 aliphatic rings. The molecule has 1 heterocycles. The minimum atomic E-state index is -0.0374. The maximum Gasteiger partial charge on any atom is 0.242 e. The molecule has 37 heavy (non-hydrogen) atoms. The lowest BCUT2D eigenvalue weighted by Gasteiger charge is -2.23. The molecule has 1 N–H and O–H groups in total. The average Bonchev–Trinajstić information content (AvgIpc) is 3.36. The van der Waals surface area contributed by atoms with Gasteiger partial charge in [0.2, 0.25) is 5.91 Å². The molecule has 1 aromatic heterocycles. The number of anilines is 3. The minimum Gasteiger partial charge on any atom is -0.378 e. The van der Waals surface area contributed by atoms with Gasteiger partial charge in [0.05, 0.1) is 12.3 Å². The molecule has 0 unspecified atom stereocenters. The fraction of sp³-hybridized carbons (Fsp3) is 0.100. The number of carbonyl (C=O) groups excluding carboxylic acids is 1. The summed E-state index contributed by atoms with van der Waals surface area (Å²) in [5.41, 5.74) is 4.82. The van der Waals surface area contributed by atoms with E-state index in [2.05, 4.69) is 34.6 Å². The number of nitrogens with one attached hydrogen (secondary N) is 1. The first-order valence-electron chi connectivity index (χ1n) is 12.1. The number of thioether (sulfide) groups is 1. The first kappa shape index (κ1) is 24.3. The van der Waals surface area contributed by atoms with Crippen LogP contribution in [-0.4, -0.2) is 26.4 Å². The summed E-state index contributed by atoms with van der Waals surface area (Å²) in [4.78, 5) is 15.3. The maximum atomic E-state index is 13.6. The van der Waals surface area contributed by atoms with Gasteiger partial charge in [-0.25, -0.2) is 0 Å². The number of nitrogens with zero attached hydrogens (tertiary/aromatic N) is 4. The molecule has 0 aliphatic heterocycles. The van der Waals surface area contributed by atoms with E-state index in [-0.39, 0.29) is 11.7 Å². The molecule has 0 bridgehead atoms. The number of aromatic nitrogens is 3. The van der Waals surface area contributed by atoms with Crippen LogP contribution in [0.15, 0.2) is 120 Å². The number of para-hydroxylation sites is 4. The molecule has 0 spiro atoms. The highest BCUT2D eigenvalue weighted by molar-refractivity contribution is 7.99. The van der Waals surface area contributed by atoms with Gasteiger partial charge in [0.15, 0.2) is 11.0 Å². The lowest BCUT2D eigenvalue weighted by atomic mass is 10.2. The van der Waals surface area contributed by atoms with Crippen LogP contribution in [-0.2, 0) is 11.3 Å². The fourth-order valence-corrected chi connectivity index (χ4v) is 4.89. The Morgan fingerprint density at radius 2 is 1.35 bits per heavy atom. The van der Waals surface area contributed by atoms with E-state index in [1.54, 1.807) is 4.90 Å². The Bertz CT molecular complexity index is 1420. The zero-order valence-corrected chi connectivity index (χ0v) is 21.3. The van der Waals surface area contributed by atoms with Gasteiger partial charge in [0.1, 0.15) is 0 Å². The third kappa shape index (κ3) is 5.73. The van der Waals surface area contributed by atoms with Crippen molar-refractivity contribution in [1.82, 2.24) is 14.8 Å². The van der Waals surface area contributed by atoms with E-state index in [4.69, 9.17) is 0 Å². The van der Waals surface area contributed by atoms with Gasteiger partial charge in [0, 0.05) is 22.7 Å². The van der Waals surface area contributed by atoms with Crippen LogP contribution in [0, 0.1) is 6.92 Å². The molecule has 6 nitrogen and oxygen atoms in total. The Morgan fingerprint density at radius 3 is 1.97 bits per heavy atom. The van der Waals surface area contributed by atoms with Gasteiger partial charge in [-0.05, 0) is 55.0 Å². The number of rotatable bonds is 9. The minimum absolute atomic E-state index is 0.0374. The van der Waals surface area contributed by atoms with E-state index in [1.165, 1.54) is 11.8 Å². The second-order valence-corrected chi connectivity index (χ2v) is 9.37. The van der Waals surface area contributed by atoms with Crippen LogP contribution in [0.4, 0.5) is 17.1 Å². The number of benzene rings is 4. The van der Waals surface area contributed by atoms with Gasteiger partial charge < -0.3 is 5.32 Å². The summed E-state index contributed by atoms with van der Waals surface area (Å²) in [6, 6.07) is 37.5. The molecular formula is C30H27N5OS. The van der Waals surface area contributed by atoms with Crippen molar-refractivity contribution >= 4 is 34.7 Å². The van der Waals surface area contributed by atoms with E-state index >= 15 is 0 Å². The van der Waals surface area contributed by atoms with Crippen molar-refractivity contribution in [2.45, 2.75) is 18.6 Å². The summed E-state index contributed by atoms with van der Waals surface area (Å²) in [6.45, 7) is 2.57. The highest BCUT2D eigenvalue weighted by Gasteiger charge is 2.21. The molecule has 5 aromatic rings. The highest BCUT2D eigenvalue weighted by atomic mass is 32.2. The lowest BCUT2D eigenvalue weighted by molar-refractivity contribution is -0.115. The molecule has 4 aromatic carbocycles. The maximum absolute atomic E-state index is 13.6. The van der Waals surface area contributed by atoms with E-state index in [0.29, 0.717) is 11.7 Å². The third-order valence-electron chi connectivity index (χ3n) is 5.90. The molecule has 0 atom stereocenters. The summed E-state index contributed by atoms with van der Waals surface area (Å²) >= 11 is 1.38. The molecule has 5 rings (SSSR count). The number of hydrogen-bond acceptors (Lipinski definition) is 5. The average molecular weight is 506 g/mol. The van der Waals surface area contributed by atoms with Crippen LogP contribution < -0.4 is 10.2 Å². The van der Waals surface area contributed by atoms with Crippen molar-refractivity contribution in [3.05, 3.63) is 127 Å². The van der Waals surface area contributed by atoms with Gasteiger partial charge in [-0.3, -0.25) is 14.3 Å². The first-order chi connectivity index (χ1) is 18.2. The second kappa shape index (κ2) is 11.6. The Morgan fingerprint density at radius 1 is 0.784 bits per heavy atom. The van der Waals surface area contributed by atoms with E-state index < -0.39 is 0 Å². The molecule has 0 fully saturated rings. The van der Waals surface area contributed by atoms with Gasteiger partial charge in [-0.15, -0.1) is 10.2 Å². The molecular weight excluding hydrogens is 478 g/mol. The Kier molecular flexibility index (Phi) is 7.62. The quantitative estimate of drug-likeness (QED) is 0.227. The van der Waals surface area contributed by atoms with Crippen molar-refractivity contribution < 1.29 is 4.79 Å². The standard InChI is InChI=1S/C30H27N5OS/c1-23-13-11-12-20-27(23)31-21-28-32-33-30(35(28)26-18-9-4-10-19-26)37-22-29(36)34(24-14-5-2-6-15-24)25-16-7-3-8-17-25/h2-20,31H,21-22H2,1H3. The molecule has 0 saturated heterocycles. The summed E-state index contributed by atoms with van der Waals surface area (Å²) < 4.78 is 2.01. The zero-order chi connectivity index (χ0) is 25.5. The number of hydrogen-bond donors (Lipinski definition) is 1. The van der Waals surface area contributed by atoms with Crippen molar-refractivity contribution in [3.63, 3.8) is 0 Å². The smallest absolute Gasteiger partial charge is 0.242 e. The van der Waals surface area contributed by atoms with Crippen molar-refractivity contribution in [2.24, 2.45) is 0 Å². The van der Waals surface area contributed by atoms with Crippen LogP contribution in [0.2, 0.25) is 0 Å². The first-order valence-corrected chi connectivity index (χ1v) is 13.0. The monoisotopic (exact) mass is 505 g/mol. The van der Waals surface area contributed by atoms with Crippen LogP contribution >= 0.6 is 11.8 Å². The fourth-order valence-electron chi connectivity index (χ4n) is 4.07. The Balaban J connectivity index is 1.40. The van der Waals surface area contributed by atoms with Gasteiger partial charge in [-0.2, -0.15) is 0 Å². The highest BCUT2D eigenvalue weighted by Crippen LogP contribution is 2.28. The second-order valence-electron chi connectivity index (χ2n) is 8.43. The normalized spacial score (nSPS) is 10.7. The molecule has 0 saturated carbocycles. The van der Waals surface area contributed by atoms with Crippen molar-refractivity contribution in [1.29, 1.82) is 0 Å². The predicted molar refractivity (Wildman–Crippen MR) is 151 cm³/mol. The van der Waals surface area contributed by atoms with Crippen LogP contribution in [0.1, 0.15) is 11.4 Å². The summed E-state index contributed by atoms with van der Waals surface area (Å²) in [7, 11) is 0. The molecule has 0 aliphatic carbocycles.